The number of likely N-dealkylation sites (tertiary alicyclic amines) is 2. The quantitative estimate of drug-likeness (QED) is 0.921. The van der Waals surface area contributed by atoms with E-state index in [1.54, 1.807) is 6.07 Å². The lowest BCUT2D eigenvalue weighted by Crippen LogP contribution is -2.49. The molecule has 1 aromatic carbocycles. The van der Waals surface area contributed by atoms with Gasteiger partial charge in [0, 0.05) is 32.2 Å². The lowest BCUT2D eigenvalue weighted by Gasteiger charge is -2.41. The zero-order chi connectivity index (χ0) is 17.1. The Balaban J connectivity index is 1.51. The average Bonchev–Trinajstić information content (AvgIpc) is 2.59. The van der Waals surface area contributed by atoms with E-state index in [4.69, 9.17) is 0 Å². The number of benzene rings is 1. The lowest BCUT2D eigenvalue weighted by molar-refractivity contribution is -0.132. The van der Waals surface area contributed by atoms with Crippen molar-refractivity contribution in [3.8, 4) is 0 Å². The maximum absolute atomic E-state index is 13.4. The fourth-order valence-corrected chi connectivity index (χ4v) is 3.84. The topological polar surface area (TPSA) is 43.8 Å². The molecule has 1 aromatic rings. The predicted octanol–water partition coefficient (Wildman–Crippen LogP) is 2.12. The Hall–Kier alpha value is -1.46. The SMILES string of the molecule is Cc1ccc(F)cc1CC(=O)N1CCC(N2CCC(O)CC2)CC1. The minimum atomic E-state index is -0.283. The Labute approximate surface area is 143 Å². The molecule has 0 radical (unpaired) electrons. The van der Waals surface area contributed by atoms with E-state index in [1.165, 1.54) is 12.1 Å². The summed E-state index contributed by atoms with van der Waals surface area (Å²) in [6.07, 6.45) is 3.84. The molecule has 0 saturated carbocycles. The lowest BCUT2D eigenvalue weighted by atomic mass is 9.98. The molecule has 2 aliphatic rings. The number of rotatable bonds is 3. The second kappa shape index (κ2) is 7.62. The highest BCUT2D eigenvalue weighted by molar-refractivity contribution is 5.79. The van der Waals surface area contributed by atoms with Crippen molar-refractivity contribution in [2.45, 2.75) is 51.2 Å². The molecule has 5 heteroatoms. The minimum Gasteiger partial charge on any atom is -0.393 e. The van der Waals surface area contributed by atoms with Gasteiger partial charge in [-0.3, -0.25) is 4.79 Å². The molecular formula is C19H27FN2O2. The fourth-order valence-electron chi connectivity index (χ4n) is 3.84. The van der Waals surface area contributed by atoms with E-state index in [9.17, 15) is 14.3 Å². The van der Waals surface area contributed by atoms with Crippen LogP contribution in [0.5, 0.6) is 0 Å². The van der Waals surface area contributed by atoms with E-state index in [-0.39, 0.29) is 24.2 Å². The number of aliphatic hydroxyl groups is 1. The minimum absolute atomic E-state index is 0.0937. The highest BCUT2D eigenvalue weighted by Crippen LogP contribution is 2.22. The zero-order valence-corrected chi connectivity index (χ0v) is 14.4. The molecule has 2 aliphatic heterocycles. The van der Waals surface area contributed by atoms with Crippen LogP contribution in [-0.2, 0) is 11.2 Å². The normalized spacial score (nSPS) is 21.2. The Bertz CT molecular complexity index is 577. The molecule has 0 bridgehead atoms. The van der Waals surface area contributed by atoms with Gasteiger partial charge in [0.25, 0.3) is 0 Å². The molecule has 2 saturated heterocycles. The number of piperidine rings is 2. The number of amides is 1. The average molecular weight is 334 g/mol. The smallest absolute Gasteiger partial charge is 0.227 e. The van der Waals surface area contributed by atoms with Crippen LogP contribution in [0.4, 0.5) is 4.39 Å². The number of carbonyl (C=O) groups is 1. The van der Waals surface area contributed by atoms with Crippen molar-refractivity contribution in [1.82, 2.24) is 9.80 Å². The molecule has 4 nitrogen and oxygen atoms in total. The number of nitrogens with zero attached hydrogens (tertiary/aromatic N) is 2. The summed E-state index contributed by atoms with van der Waals surface area (Å²) in [4.78, 5) is 16.9. The van der Waals surface area contributed by atoms with E-state index in [0.717, 1.165) is 63.0 Å². The third kappa shape index (κ3) is 4.14. The summed E-state index contributed by atoms with van der Waals surface area (Å²) in [6, 6.07) is 5.16. The van der Waals surface area contributed by atoms with Gasteiger partial charge in [-0.1, -0.05) is 6.07 Å². The van der Waals surface area contributed by atoms with Gasteiger partial charge in [0.1, 0.15) is 5.82 Å². The van der Waals surface area contributed by atoms with Crippen molar-refractivity contribution >= 4 is 5.91 Å². The summed E-state index contributed by atoms with van der Waals surface area (Å²) in [5.41, 5.74) is 1.75. The molecule has 0 spiro atoms. The molecule has 0 unspecified atom stereocenters. The van der Waals surface area contributed by atoms with Crippen LogP contribution in [0.2, 0.25) is 0 Å². The van der Waals surface area contributed by atoms with Gasteiger partial charge in [0.15, 0.2) is 0 Å². The van der Waals surface area contributed by atoms with E-state index >= 15 is 0 Å². The molecule has 2 heterocycles. The predicted molar refractivity (Wildman–Crippen MR) is 91.3 cm³/mol. The van der Waals surface area contributed by atoms with Crippen molar-refractivity contribution < 1.29 is 14.3 Å². The van der Waals surface area contributed by atoms with E-state index in [2.05, 4.69) is 4.90 Å². The van der Waals surface area contributed by atoms with Crippen molar-refractivity contribution in [1.29, 1.82) is 0 Å². The second-order valence-electron chi connectivity index (χ2n) is 7.13. The largest absolute Gasteiger partial charge is 0.393 e. The van der Waals surface area contributed by atoms with Crippen LogP contribution >= 0.6 is 0 Å². The number of hydrogen-bond acceptors (Lipinski definition) is 3. The molecule has 0 atom stereocenters. The summed E-state index contributed by atoms with van der Waals surface area (Å²) >= 11 is 0. The summed E-state index contributed by atoms with van der Waals surface area (Å²) in [6.45, 7) is 5.39. The number of carbonyl (C=O) groups excluding carboxylic acids is 1. The molecule has 0 aliphatic carbocycles. The van der Waals surface area contributed by atoms with E-state index < -0.39 is 0 Å². The third-order valence-electron chi connectivity index (χ3n) is 5.49. The first-order valence-corrected chi connectivity index (χ1v) is 8.98. The molecule has 2 fully saturated rings. The zero-order valence-electron chi connectivity index (χ0n) is 14.4. The Kier molecular flexibility index (Phi) is 5.51. The van der Waals surface area contributed by atoms with Gasteiger partial charge in [-0.2, -0.15) is 0 Å². The van der Waals surface area contributed by atoms with Gasteiger partial charge >= 0.3 is 0 Å². The van der Waals surface area contributed by atoms with Crippen LogP contribution in [0.1, 0.15) is 36.8 Å². The third-order valence-corrected chi connectivity index (χ3v) is 5.49. The van der Waals surface area contributed by atoms with Crippen LogP contribution < -0.4 is 0 Å². The Morgan fingerprint density at radius 2 is 1.83 bits per heavy atom. The number of aliphatic hydroxyl groups excluding tert-OH is 1. The first-order chi connectivity index (χ1) is 11.5. The monoisotopic (exact) mass is 334 g/mol. The highest BCUT2D eigenvalue weighted by Gasteiger charge is 2.29. The van der Waals surface area contributed by atoms with Crippen molar-refractivity contribution in [3.05, 3.63) is 35.1 Å². The van der Waals surface area contributed by atoms with Crippen LogP contribution in [0.15, 0.2) is 18.2 Å². The second-order valence-corrected chi connectivity index (χ2v) is 7.13. The Morgan fingerprint density at radius 3 is 2.50 bits per heavy atom. The molecule has 24 heavy (non-hydrogen) atoms. The first-order valence-electron chi connectivity index (χ1n) is 8.98. The van der Waals surface area contributed by atoms with Crippen molar-refractivity contribution in [2.24, 2.45) is 0 Å². The molecule has 1 amide bonds. The van der Waals surface area contributed by atoms with Crippen LogP contribution in [-0.4, -0.2) is 59.1 Å². The standard InChI is InChI=1S/C19H27FN2O2/c1-14-2-3-16(20)12-15(14)13-19(24)22-8-4-17(5-9-22)21-10-6-18(23)7-11-21/h2-3,12,17-18,23H,4-11,13H2,1H3. The maximum Gasteiger partial charge on any atom is 0.227 e. The van der Waals surface area contributed by atoms with Gasteiger partial charge in [0.05, 0.1) is 12.5 Å². The highest BCUT2D eigenvalue weighted by atomic mass is 19.1. The van der Waals surface area contributed by atoms with Crippen molar-refractivity contribution in [3.63, 3.8) is 0 Å². The maximum atomic E-state index is 13.4. The fraction of sp³-hybridized carbons (Fsp3) is 0.632. The summed E-state index contributed by atoms with van der Waals surface area (Å²) in [7, 11) is 0. The van der Waals surface area contributed by atoms with E-state index in [0.29, 0.717) is 6.04 Å². The van der Waals surface area contributed by atoms with Crippen LogP contribution in [0, 0.1) is 12.7 Å². The van der Waals surface area contributed by atoms with Gasteiger partial charge in [-0.05, 0) is 55.9 Å². The van der Waals surface area contributed by atoms with Gasteiger partial charge in [-0.15, -0.1) is 0 Å². The number of hydrogen-bond donors (Lipinski definition) is 1. The van der Waals surface area contributed by atoms with E-state index in [1.807, 2.05) is 11.8 Å². The van der Waals surface area contributed by atoms with Crippen LogP contribution in [0.25, 0.3) is 0 Å². The number of halogens is 1. The molecule has 0 aromatic heterocycles. The number of aryl methyl sites for hydroxylation is 1. The van der Waals surface area contributed by atoms with Crippen molar-refractivity contribution in [2.75, 3.05) is 26.2 Å². The van der Waals surface area contributed by atoms with Crippen LogP contribution in [0.3, 0.4) is 0 Å². The van der Waals surface area contributed by atoms with Gasteiger partial charge in [0.2, 0.25) is 5.91 Å². The van der Waals surface area contributed by atoms with Gasteiger partial charge < -0.3 is 14.9 Å². The van der Waals surface area contributed by atoms with Gasteiger partial charge in [-0.25, -0.2) is 4.39 Å². The summed E-state index contributed by atoms with van der Waals surface area (Å²) in [5.74, 6) is -0.189. The molecule has 3 rings (SSSR count). The molecule has 1 N–H and O–H groups in total. The summed E-state index contributed by atoms with van der Waals surface area (Å²) < 4.78 is 13.4. The molecule has 132 valence electrons. The summed E-state index contributed by atoms with van der Waals surface area (Å²) in [5, 5.41) is 9.62. The first kappa shape index (κ1) is 17.4. The Morgan fingerprint density at radius 1 is 1.17 bits per heavy atom. The molecular weight excluding hydrogens is 307 g/mol.